The molecule has 26 heavy (non-hydrogen) atoms. The van der Waals surface area contributed by atoms with Crippen molar-refractivity contribution in [3.8, 4) is 0 Å². The smallest absolute Gasteiger partial charge is 0.234 e. The molecule has 1 N–H and O–H groups in total. The average Bonchev–Trinajstić information content (AvgIpc) is 3.27. The Labute approximate surface area is 162 Å². The maximum Gasteiger partial charge on any atom is 0.234 e. The van der Waals surface area contributed by atoms with Gasteiger partial charge in [0.05, 0.1) is 29.6 Å². The van der Waals surface area contributed by atoms with Crippen molar-refractivity contribution in [2.45, 2.75) is 31.3 Å². The molecule has 2 aromatic heterocycles. The Hall–Kier alpha value is -1.22. The van der Waals surface area contributed by atoms with Gasteiger partial charge < -0.3 is 5.32 Å². The molecule has 2 atom stereocenters. The maximum absolute atomic E-state index is 12.7. The summed E-state index contributed by atoms with van der Waals surface area (Å²) >= 11 is 3.49. The highest BCUT2D eigenvalue weighted by molar-refractivity contribution is 7.91. The van der Waals surface area contributed by atoms with Crippen LogP contribution in [0.5, 0.6) is 0 Å². The van der Waals surface area contributed by atoms with Crippen molar-refractivity contribution in [3.05, 3.63) is 44.3 Å². The van der Waals surface area contributed by atoms with E-state index in [-0.39, 0.29) is 30.0 Å². The molecule has 8 heteroatoms. The molecule has 2 aliphatic rings. The van der Waals surface area contributed by atoms with Crippen LogP contribution in [0.3, 0.4) is 0 Å². The molecule has 4 heterocycles. The molecule has 1 fully saturated rings. The summed E-state index contributed by atoms with van der Waals surface area (Å²) in [4.78, 5) is 17.6. The molecule has 0 bridgehead atoms. The third kappa shape index (κ3) is 3.60. The van der Waals surface area contributed by atoms with E-state index in [0.717, 1.165) is 13.0 Å². The number of amides is 1. The molecule has 0 saturated carbocycles. The van der Waals surface area contributed by atoms with Gasteiger partial charge in [0.15, 0.2) is 9.84 Å². The summed E-state index contributed by atoms with van der Waals surface area (Å²) in [7, 11) is -3.04. The third-order valence-corrected chi connectivity index (χ3v) is 8.99. The minimum atomic E-state index is -3.04. The van der Waals surface area contributed by atoms with Crippen LogP contribution in [0.2, 0.25) is 0 Å². The van der Waals surface area contributed by atoms with Crippen molar-refractivity contribution in [3.63, 3.8) is 0 Å². The number of hydrogen-bond donors (Lipinski definition) is 1. The van der Waals surface area contributed by atoms with Gasteiger partial charge in [-0.05, 0) is 48.2 Å². The van der Waals surface area contributed by atoms with Crippen LogP contribution in [-0.2, 0) is 21.1 Å². The second-order valence-electron chi connectivity index (χ2n) is 7.39. The van der Waals surface area contributed by atoms with Crippen molar-refractivity contribution >= 4 is 38.4 Å². The summed E-state index contributed by atoms with van der Waals surface area (Å²) in [5.74, 6) is 0.100. The molecule has 1 amide bonds. The molecule has 0 aliphatic carbocycles. The number of sulfone groups is 1. The summed E-state index contributed by atoms with van der Waals surface area (Å²) in [5.41, 5.74) is 0.656. The van der Waals surface area contributed by atoms with Gasteiger partial charge in [0.25, 0.3) is 0 Å². The number of carbonyl (C=O) groups excluding carboxylic acids is 1. The van der Waals surface area contributed by atoms with Crippen LogP contribution in [0.1, 0.15) is 34.7 Å². The minimum absolute atomic E-state index is 0.0365. The van der Waals surface area contributed by atoms with Gasteiger partial charge in [-0.25, -0.2) is 8.42 Å². The lowest BCUT2D eigenvalue weighted by Crippen LogP contribution is -2.51. The molecule has 1 saturated heterocycles. The van der Waals surface area contributed by atoms with Crippen LogP contribution >= 0.6 is 22.7 Å². The van der Waals surface area contributed by atoms with Crippen LogP contribution in [0.25, 0.3) is 0 Å². The van der Waals surface area contributed by atoms with Crippen LogP contribution in [0.4, 0.5) is 0 Å². The van der Waals surface area contributed by atoms with Crippen molar-refractivity contribution in [2.24, 2.45) is 0 Å². The van der Waals surface area contributed by atoms with Crippen molar-refractivity contribution in [1.29, 1.82) is 0 Å². The van der Waals surface area contributed by atoms with Gasteiger partial charge in [-0.3, -0.25) is 9.69 Å². The van der Waals surface area contributed by atoms with E-state index in [4.69, 9.17) is 0 Å². The zero-order valence-electron chi connectivity index (χ0n) is 14.6. The number of thiophene rings is 2. The molecular formula is C18H22N2O3S3. The molecule has 0 radical (unpaired) electrons. The zero-order chi connectivity index (χ0) is 18.4. The Morgan fingerprint density at radius 1 is 1.35 bits per heavy atom. The summed E-state index contributed by atoms with van der Waals surface area (Å²) in [6.45, 7) is 2.95. The van der Waals surface area contributed by atoms with E-state index >= 15 is 0 Å². The molecule has 0 unspecified atom stereocenters. The summed E-state index contributed by atoms with van der Waals surface area (Å²) in [5, 5.41) is 7.18. The van der Waals surface area contributed by atoms with Gasteiger partial charge in [0.2, 0.25) is 5.91 Å². The average molecular weight is 411 g/mol. The van der Waals surface area contributed by atoms with Crippen molar-refractivity contribution in [1.82, 2.24) is 10.2 Å². The van der Waals surface area contributed by atoms with Gasteiger partial charge in [0, 0.05) is 16.3 Å². The number of nitrogens with one attached hydrogen (secondary N) is 1. The fraction of sp³-hybridized carbons (Fsp3) is 0.500. The number of nitrogens with zero attached hydrogens (tertiary/aromatic N) is 1. The van der Waals surface area contributed by atoms with Crippen LogP contribution < -0.4 is 5.32 Å². The number of fused-ring (bicyclic) bond motifs is 1. The molecule has 2 aliphatic heterocycles. The quantitative estimate of drug-likeness (QED) is 0.841. The number of rotatable bonds is 4. The predicted molar refractivity (Wildman–Crippen MR) is 106 cm³/mol. The molecule has 4 rings (SSSR count). The van der Waals surface area contributed by atoms with Gasteiger partial charge in [-0.15, -0.1) is 22.7 Å². The second kappa shape index (κ2) is 6.74. The summed E-state index contributed by atoms with van der Waals surface area (Å²) in [6, 6.07) is 6.44. The molecule has 0 spiro atoms. The second-order valence-corrected chi connectivity index (χ2v) is 11.6. The summed E-state index contributed by atoms with van der Waals surface area (Å²) < 4.78 is 23.5. The topological polar surface area (TPSA) is 66.5 Å². The maximum atomic E-state index is 12.7. The van der Waals surface area contributed by atoms with E-state index < -0.39 is 15.4 Å². The van der Waals surface area contributed by atoms with Gasteiger partial charge in [-0.1, -0.05) is 6.07 Å². The molecule has 0 aromatic carbocycles. The first-order valence-electron chi connectivity index (χ1n) is 8.70. The summed E-state index contributed by atoms with van der Waals surface area (Å²) in [6.07, 6.45) is 1.44. The standard InChI is InChI=1S/C18H22N2O3S3/c1-18(6-10-26(22,23)12-18)19-16(21)11-20-7-4-14-13(5-9-25-14)17(20)15-3-2-8-24-15/h2-3,5,8-9,17H,4,6-7,10-12H2,1H3,(H,19,21)/t17-,18-/m1/s1. The van der Waals surface area contributed by atoms with Crippen LogP contribution in [0.15, 0.2) is 29.0 Å². The van der Waals surface area contributed by atoms with E-state index in [1.807, 2.05) is 13.0 Å². The monoisotopic (exact) mass is 410 g/mol. The van der Waals surface area contributed by atoms with Crippen LogP contribution in [-0.4, -0.2) is 49.4 Å². The van der Waals surface area contributed by atoms with Crippen molar-refractivity contribution < 1.29 is 13.2 Å². The SMILES string of the molecule is C[C@@]1(NC(=O)CN2CCc3sccc3[C@@H]2c2cccs2)CCS(=O)(=O)C1. The van der Waals surface area contributed by atoms with E-state index in [9.17, 15) is 13.2 Å². The largest absolute Gasteiger partial charge is 0.349 e. The molecule has 140 valence electrons. The first kappa shape index (κ1) is 18.2. The van der Waals surface area contributed by atoms with Gasteiger partial charge in [0.1, 0.15) is 0 Å². The number of hydrogen-bond acceptors (Lipinski definition) is 6. The van der Waals surface area contributed by atoms with Crippen LogP contribution in [0, 0.1) is 0 Å². The Balaban J connectivity index is 1.51. The molecule has 5 nitrogen and oxygen atoms in total. The zero-order valence-corrected chi connectivity index (χ0v) is 17.1. The molecule has 2 aromatic rings. The normalized spacial score (nSPS) is 28.0. The highest BCUT2D eigenvalue weighted by atomic mass is 32.2. The van der Waals surface area contributed by atoms with Crippen molar-refractivity contribution in [2.75, 3.05) is 24.6 Å². The van der Waals surface area contributed by atoms with E-state index in [1.54, 1.807) is 22.7 Å². The first-order valence-corrected chi connectivity index (χ1v) is 12.3. The Bertz CT molecular complexity index is 904. The third-order valence-electron chi connectivity index (χ3n) is 5.17. The Morgan fingerprint density at radius 3 is 2.88 bits per heavy atom. The lowest BCUT2D eigenvalue weighted by atomic mass is 9.98. The van der Waals surface area contributed by atoms with Gasteiger partial charge in [-0.2, -0.15) is 0 Å². The Kier molecular flexibility index (Phi) is 4.71. The Morgan fingerprint density at radius 2 is 2.19 bits per heavy atom. The minimum Gasteiger partial charge on any atom is -0.349 e. The fourth-order valence-corrected chi connectivity index (χ4v) is 7.86. The lowest BCUT2D eigenvalue weighted by molar-refractivity contribution is -0.124. The highest BCUT2D eigenvalue weighted by Gasteiger charge is 2.40. The molecular weight excluding hydrogens is 388 g/mol. The highest BCUT2D eigenvalue weighted by Crippen LogP contribution is 2.39. The van der Waals surface area contributed by atoms with E-state index in [2.05, 4.69) is 33.1 Å². The van der Waals surface area contributed by atoms with Gasteiger partial charge >= 0.3 is 0 Å². The fourth-order valence-electron chi connectivity index (χ4n) is 3.99. The first-order chi connectivity index (χ1) is 12.4. The van der Waals surface area contributed by atoms with E-state index in [1.165, 1.54) is 15.3 Å². The lowest BCUT2D eigenvalue weighted by Gasteiger charge is -2.35. The predicted octanol–water partition coefficient (Wildman–Crippen LogP) is 2.45. The number of carbonyl (C=O) groups is 1. The van der Waals surface area contributed by atoms with E-state index in [0.29, 0.717) is 6.42 Å².